The van der Waals surface area contributed by atoms with Gasteiger partial charge in [-0.05, 0) is 25.8 Å². The molecule has 0 amide bonds. The van der Waals surface area contributed by atoms with E-state index in [4.69, 9.17) is 10.5 Å². The third-order valence-corrected chi connectivity index (χ3v) is 3.22. The number of nitrogens with one attached hydrogen (secondary N) is 1. The van der Waals surface area contributed by atoms with E-state index in [9.17, 15) is 0 Å². The fourth-order valence-corrected chi connectivity index (χ4v) is 1.95. The van der Waals surface area contributed by atoms with Crippen LogP contribution in [0.2, 0.25) is 0 Å². The Morgan fingerprint density at radius 2 is 1.95 bits per heavy atom. The molecule has 0 saturated carbocycles. The van der Waals surface area contributed by atoms with Gasteiger partial charge in [-0.3, -0.25) is 0 Å². The van der Waals surface area contributed by atoms with Gasteiger partial charge in [0.05, 0.1) is 12.6 Å². The third-order valence-electron chi connectivity index (χ3n) is 3.22. The summed E-state index contributed by atoms with van der Waals surface area (Å²) in [6, 6.07) is 8.47. The SMILES string of the molecule is CCCOc1ncnc(NC(C)c2ccc(C)cc2)c1N. The van der Waals surface area contributed by atoms with Crippen LogP contribution in [0.15, 0.2) is 30.6 Å². The molecule has 1 aromatic carbocycles. The van der Waals surface area contributed by atoms with Crippen LogP contribution in [-0.2, 0) is 0 Å². The number of nitrogen functional groups attached to an aromatic ring is 1. The van der Waals surface area contributed by atoms with Crippen molar-refractivity contribution in [2.75, 3.05) is 17.7 Å². The number of ether oxygens (including phenoxy) is 1. The summed E-state index contributed by atoms with van der Waals surface area (Å²) in [7, 11) is 0. The molecule has 0 spiro atoms. The zero-order valence-electron chi connectivity index (χ0n) is 12.8. The molecule has 3 N–H and O–H groups in total. The molecular weight excluding hydrogens is 264 g/mol. The molecule has 0 saturated heterocycles. The zero-order valence-corrected chi connectivity index (χ0v) is 12.8. The van der Waals surface area contributed by atoms with E-state index in [1.807, 2.05) is 6.92 Å². The van der Waals surface area contributed by atoms with E-state index in [1.54, 1.807) is 0 Å². The molecule has 0 radical (unpaired) electrons. The van der Waals surface area contributed by atoms with Crippen molar-refractivity contribution in [2.45, 2.75) is 33.2 Å². The molecule has 0 fully saturated rings. The summed E-state index contributed by atoms with van der Waals surface area (Å²) >= 11 is 0. The number of aryl methyl sites for hydroxylation is 1. The van der Waals surface area contributed by atoms with Crippen LogP contribution in [0.4, 0.5) is 11.5 Å². The highest BCUT2D eigenvalue weighted by Crippen LogP contribution is 2.28. The van der Waals surface area contributed by atoms with Gasteiger partial charge in [-0.25, -0.2) is 4.98 Å². The normalized spacial score (nSPS) is 12.0. The van der Waals surface area contributed by atoms with Gasteiger partial charge in [-0.1, -0.05) is 36.8 Å². The summed E-state index contributed by atoms with van der Waals surface area (Å²) in [5.41, 5.74) is 8.93. The molecule has 0 aliphatic rings. The lowest BCUT2D eigenvalue weighted by atomic mass is 10.1. The first-order valence-electron chi connectivity index (χ1n) is 7.18. The molecule has 0 aliphatic carbocycles. The van der Waals surface area contributed by atoms with Crippen LogP contribution in [0.5, 0.6) is 5.88 Å². The predicted octanol–water partition coefficient (Wildman–Crippen LogP) is 3.33. The molecule has 5 heteroatoms. The Hall–Kier alpha value is -2.30. The maximum absolute atomic E-state index is 6.06. The average molecular weight is 286 g/mol. The Morgan fingerprint density at radius 1 is 1.24 bits per heavy atom. The largest absolute Gasteiger partial charge is 0.476 e. The molecule has 21 heavy (non-hydrogen) atoms. The van der Waals surface area contributed by atoms with Gasteiger partial charge in [0.25, 0.3) is 0 Å². The number of rotatable bonds is 6. The van der Waals surface area contributed by atoms with Crippen LogP contribution >= 0.6 is 0 Å². The summed E-state index contributed by atoms with van der Waals surface area (Å²) in [4.78, 5) is 8.27. The smallest absolute Gasteiger partial charge is 0.242 e. The van der Waals surface area contributed by atoms with Gasteiger partial charge in [0.1, 0.15) is 12.0 Å². The van der Waals surface area contributed by atoms with Crippen molar-refractivity contribution in [3.05, 3.63) is 41.7 Å². The van der Waals surface area contributed by atoms with Gasteiger partial charge in [-0.15, -0.1) is 0 Å². The average Bonchev–Trinajstić information content (AvgIpc) is 2.49. The number of benzene rings is 1. The molecule has 0 aliphatic heterocycles. The summed E-state index contributed by atoms with van der Waals surface area (Å²) in [6.07, 6.45) is 2.37. The lowest BCUT2D eigenvalue weighted by Crippen LogP contribution is -2.11. The van der Waals surface area contributed by atoms with Gasteiger partial charge in [-0.2, -0.15) is 4.98 Å². The summed E-state index contributed by atoms with van der Waals surface area (Å²) < 4.78 is 5.51. The molecule has 2 aromatic rings. The predicted molar refractivity (Wildman–Crippen MR) is 85.4 cm³/mol. The number of nitrogens with two attached hydrogens (primary N) is 1. The van der Waals surface area contributed by atoms with E-state index < -0.39 is 0 Å². The van der Waals surface area contributed by atoms with Crippen molar-refractivity contribution in [3.8, 4) is 5.88 Å². The minimum atomic E-state index is 0.0989. The first-order valence-corrected chi connectivity index (χ1v) is 7.18. The molecule has 0 bridgehead atoms. The van der Waals surface area contributed by atoms with Gasteiger partial charge in [0.15, 0.2) is 5.82 Å². The van der Waals surface area contributed by atoms with Gasteiger partial charge in [0, 0.05) is 0 Å². The molecule has 2 rings (SSSR count). The van der Waals surface area contributed by atoms with Crippen LogP contribution in [0.25, 0.3) is 0 Å². The van der Waals surface area contributed by atoms with Crippen molar-refractivity contribution in [3.63, 3.8) is 0 Å². The lowest BCUT2D eigenvalue weighted by Gasteiger charge is -2.17. The Kier molecular flexibility index (Phi) is 4.98. The molecule has 1 heterocycles. The van der Waals surface area contributed by atoms with Gasteiger partial charge in [0.2, 0.25) is 5.88 Å². The van der Waals surface area contributed by atoms with Crippen LogP contribution in [0, 0.1) is 6.92 Å². The number of nitrogens with zero attached hydrogens (tertiary/aromatic N) is 2. The van der Waals surface area contributed by atoms with Crippen LogP contribution in [-0.4, -0.2) is 16.6 Å². The van der Waals surface area contributed by atoms with Crippen LogP contribution in [0.3, 0.4) is 0 Å². The van der Waals surface area contributed by atoms with E-state index in [0.717, 1.165) is 6.42 Å². The highest BCUT2D eigenvalue weighted by Gasteiger charge is 2.12. The summed E-state index contributed by atoms with van der Waals surface area (Å²) in [5.74, 6) is 1.04. The standard InChI is InChI=1S/C16H22N4O/c1-4-9-21-16-14(17)15(18-10-19-16)20-12(3)13-7-5-11(2)6-8-13/h5-8,10,12H,4,9,17H2,1-3H3,(H,18,19,20). The van der Waals surface area contributed by atoms with E-state index in [0.29, 0.717) is 24.0 Å². The lowest BCUT2D eigenvalue weighted by molar-refractivity contribution is 0.306. The fraction of sp³-hybridized carbons (Fsp3) is 0.375. The Labute approximate surface area is 125 Å². The first kappa shape index (κ1) is 15.1. The minimum absolute atomic E-state index is 0.0989. The highest BCUT2D eigenvalue weighted by atomic mass is 16.5. The van der Waals surface area contributed by atoms with Crippen molar-refractivity contribution < 1.29 is 4.74 Å². The van der Waals surface area contributed by atoms with Crippen molar-refractivity contribution in [1.82, 2.24) is 9.97 Å². The second-order valence-corrected chi connectivity index (χ2v) is 5.07. The Morgan fingerprint density at radius 3 is 2.62 bits per heavy atom. The fourth-order valence-electron chi connectivity index (χ4n) is 1.95. The van der Waals surface area contributed by atoms with E-state index in [-0.39, 0.29) is 6.04 Å². The third kappa shape index (κ3) is 3.84. The first-order chi connectivity index (χ1) is 10.1. The van der Waals surface area contributed by atoms with E-state index in [1.165, 1.54) is 17.5 Å². The minimum Gasteiger partial charge on any atom is -0.476 e. The second-order valence-electron chi connectivity index (χ2n) is 5.07. The number of aromatic nitrogens is 2. The van der Waals surface area contributed by atoms with Crippen LogP contribution in [0.1, 0.15) is 37.4 Å². The van der Waals surface area contributed by atoms with Crippen molar-refractivity contribution in [1.29, 1.82) is 0 Å². The highest BCUT2D eigenvalue weighted by molar-refractivity contribution is 5.66. The molecule has 1 aromatic heterocycles. The van der Waals surface area contributed by atoms with E-state index in [2.05, 4.69) is 53.4 Å². The van der Waals surface area contributed by atoms with Crippen LogP contribution < -0.4 is 15.8 Å². The Balaban J connectivity index is 2.13. The van der Waals surface area contributed by atoms with Gasteiger partial charge >= 0.3 is 0 Å². The maximum atomic E-state index is 6.06. The zero-order chi connectivity index (χ0) is 15.2. The number of hydrogen-bond acceptors (Lipinski definition) is 5. The second kappa shape index (κ2) is 6.92. The maximum Gasteiger partial charge on any atom is 0.242 e. The van der Waals surface area contributed by atoms with Crippen molar-refractivity contribution >= 4 is 11.5 Å². The monoisotopic (exact) mass is 286 g/mol. The summed E-state index contributed by atoms with van der Waals surface area (Å²) in [6.45, 7) is 6.77. The molecule has 5 nitrogen and oxygen atoms in total. The quantitative estimate of drug-likeness (QED) is 0.852. The molecule has 112 valence electrons. The molecular formula is C16H22N4O. The topological polar surface area (TPSA) is 73.1 Å². The Bertz CT molecular complexity index is 583. The summed E-state index contributed by atoms with van der Waals surface area (Å²) in [5, 5.41) is 3.31. The molecule has 1 atom stereocenters. The number of anilines is 2. The molecule has 1 unspecified atom stereocenters. The van der Waals surface area contributed by atoms with Crippen molar-refractivity contribution in [2.24, 2.45) is 0 Å². The number of hydrogen-bond donors (Lipinski definition) is 2. The van der Waals surface area contributed by atoms with E-state index >= 15 is 0 Å². The van der Waals surface area contributed by atoms with Gasteiger partial charge < -0.3 is 15.8 Å².